The number of aliphatic hydroxyl groups excluding tert-OH is 1. The topological polar surface area (TPSA) is 62.2 Å². The van der Waals surface area contributed by atoms with Crippen LogP contribution in [0.15, 0.2) is 28.6 Å². The summed E-state index contributed by atoms with van der Waals surface area (Å²) in [6.07, 6.45) is 0.730. The Labute approximate surface area is 120 Å². The molecule has 0 unspecified atom stereocenters. The zero-order valence-electron chi connectivity index (χ0n) is 10.6. The summed E-state index contributed by atoms with van der Waals surface area (Å²) in [5.74, 6) is 0.265. The van der Waals surface area contributed by atoms with Crippen LogP contribution in [0, 0.1) is 0 Å². The van der Waals surface area contributed by atoms with Crippen LogP contribution in [0.25, 0.3) is 10.2 Å². The second-order valence-electron chi connectivity index (χ2n) is 4.09. The highest BCUT2D eigenvalue weighted by molar-refractivity contribution is 8.01. The summed E-state index contributed by atoms with van der Waals surface area (Å²) in [5.41, 5.74) is 0.970. The quantitative estimate of drug-likeness (QED) is 0.803. The Morgan fingerprint density at radius 2 is 2.32 bits per heavy atom. The van der Waals surface area contributed by atoms with Crippen LogP contribution in [0.1, 0.15) is 13.3 Å². The van der Waals surface area contributed by atoms with E-state index in [1.165, 1.54) is 11.8 Å². The third-order valence-corrected chi connectivity index (χ3v) is 4.86. The minimum absolute atomic E-state index is 0.0198. The fraction of sp³-hybridized carbons (Fsp3) is 0.385. The van der Waals surface area contributed by atoms with Crippen LogP contribution in [-0.2, 0) is 4.79 Å². The van der Waals surface area contributed by atoms with E-state index in [0.29, 0.717) is 5.75 Å². The van der Waals surface area contributed by atoms with Crippen LogP contribution in [0.2, 0.25) is 0 Å². The van der Waals surface area contributed by atoms with Gasteiger partial charge in [0.2, 0.25) is 5.91 Å². The molecule has 19 heavy (non-hydrogen) atoms. The van der Waals surface area contributed by atoms with E-state index in [1.807, 2.05) is 31.2 Å². The van der Waals surface area contributed by atoms with Gasteiger partial charge >= 0.3 is 0 Å². The lowest BCUT2D eigenvalue weighted by molar-refractivity contribution is -0.119. The Morgan fingerprint density at radius 1 is 1.53 bits per heavy atom. The monoisotopic (exact) mass is 296 g/mol. The first-order valence-electron chi connectivity index (χ1n) is 6.11. The van der Waals surface area contributed by atoms with Gasteiger partial charge in [-0.15, -0.1) is 11.3 Å². The minimum atomic E-state index is -0.150. The fourth-order valence-electron chi connectivity index (χ4n) is 1.59. The predicted molar refractivity (Wildman–Crippen MR) is 79.7 cm³/mol. The van der Waals surface area contributed by atoms with Gasteiger partial charge in [-0.05, 0) is 18.6 Å². The normalized spacial score (nSPS) is 12.5. The summed E-state index contributed by atoms with van der Waals surface area (Å²) in [4.78, 5) is 16.1. The summed E-state index contributed by atoms with van der Waals surface area (Å²) in [7, 11) is 0. The average Bonchev–Trinajstić information content (AvgIpc) is 2.85. The zero-order valence-corrected chi connectivity index (χ0v) is 12.3. The minimum Gasteiger partial charge on any atom is -0.394 e. The zero-order chi connectivity index (χ0) is 13.7. The molecule has 0 saturated heterocycles. The molecule has 1 amide bonds. The first-order valence-corrected chi connectivity index (χ1v) is 7.91. The van der Waals surface area contributed by atoms with Crippen molar-refractivity contribution in [3.63, 3.8) is 0 Å². The van der Waals surface area contributed by atoms with Gasteiger partial charge in [-0.25, -0.2) is 4.98 Å². The Hall–Kier alpha value is -1.11. The molecule has 0 spiro atoms. The van der Waals surface area contributed by atoms with Gasteiger partial charge < -0.3 is 10.4 Å². The molecule has 0 bridgehead atoms. The van der Waals surface area contributed by atoms with Crippen molar-refractivity contribution in [2.75, 3.05) is 12.4 Å². The molecule has 0 fully saturated rings. The first-order chi connectivity index (χ1) is 9.22. The Kier molecular flexibility index (Phi) is 5.18. The van der Waals surface area contributed by atoms with Gasteiger partial charge in [0.1, 0.15) is 0 Å². The third-order valence-electron chi connectivity index (χ3n) is 2.68. The van der Waals surface area contributed by atoms with E-state index in [2.05, 4.69) is 10.3 Å². The highest BCUT2D eigenvalue weighted by Crippen LogP contribution is 2.28. The number of thiazole rings is 1. The number of hydrogen-bond acceptors (Lipinski definition) is 5. The van der Waals surface area contributed by atoms with Crippen molar-refractivity contribution in [1.82, 2.24) is 10.3 Å². The number of para-hydroxylation sites is 1. The molecule has 1 atom stereocenters. The molecular weight excluding hydrogens is 280 g/mol. The van der Waals surface area contributed by atoms with Crippen molar-refractivity contribution < 1.29 is 9.90 Å². The molecule has 2 aromatic rings. The summed E-state index contributed by atoms with van der Waals surface area (Å²) in [6, 6.07) is 7.78. The predicted octanol–water partition coefficient (Wildman–Crippen LogP) is 2.28. The molecular formula is C13H16N2O2S2. The number of thioether (sulfide) groups is 1. The second kappa shape index (κ2) is 6.88. The largest absolute Gasteiger partial charge is 0.394 e. The molecule has 1 aromatic heterocycles. The van der Waals surface area contributed by atoms with Crippen molar-refractivity contribution in [3.05, 3.63) is 24.3 Å². The number of nitrogens with zero attached hydrogens (tertiary/aromatic N) is 1. The average molecular weight is 296 g/mol. The molecule has 102 valence electrons. The lowest BCUT2D eigenvalue weighted by Crippen LogP contribution is -2.37. The molecule has 0 saturated carbocycles. The molecule has 2 N–H and O–H groups in total. The van der Waals surface area contributed by atoms with Crippen LogP contribution in [0.5, 0.6) is 0 Å². The molecule has 0 aliphatic carbocycles. The number of amides is 1. The van der Waals surface area contributed by atoms with Gasteiger partial charge in [-0.3, -0.25) is 4.79 Å². The van der Waals surface area contributed by atoms with Crippen LogP contribution >= 0.6 is 23.1 Å². The summed E-state index contributed by atoms with van der Waals surface area (Å²) < 4.78 is 2.03. The molecule has 0 aliphatic heterocycles. The standard InChI is InChI=1S/C13H16N2O2S2/c1-2-9(7-16)14-12(17)8-18-13-15-10-5-3-4-6-11(10)19-13/h3-6,9,16H,2,7-8H2,1H3,(H,14,17)/t9-/m1/s1. The fourth-order valence-corrected chi connectivity index (χ4v) is 3.47. The smallest absolute Gasteiger partial charge is 0.230 e. The summed E-state index contributed by atoms with van der Waals surface area (Å²) >= 11 is 3.02. The van der Waals surface area contributed by atoms with Crippen molar-refractivity contribution in [1.29, 1.82) is 0 Å². The van der Waals surface area contributed by atoms with Crippen molar-refractivity contribution >= 4 is 39.2 Å². The first kappa shape index (κ1) is 14.3. The third kappa shape index (κ3) is 3.92. The Balaban J connectivity index is 1.89. The van der Waals surface area contributed by atoms with Crippen molar-refractivity contribution in [3.8, 4) is 0 Å². The second-order valence-corrected chi connectivity index (χ2v) is 6.34. The molecule has 1 aromatic carbocycles. The maximum atomic E-state index is 11.7. The van der Waals surface area contributed by atoms with E-state index in [1.54, 1.807) is 11.3 Å². The molecule has 6 heteroatoms. The molecule has 4 nitrogen and oxygen atoms in total. The molecule has 1 heterocycles. The molecule has 0 aliphatic rings. The van der Waals surface area contributed by atoms with E-state index < -0.39 is 0 Å². The van der Waals surface area contributed by atoms with Crippen LogP contribution in [0.4, 0.5) is 0 Å². The highest BCUT2D eigenvalue weighted by atomic mass is 32.2. The number of aliphatic hydroxyl groups is 1. The number of carbonyl (C=O) groups excluding carboxylic acids is 1. The SMILES string of the molecule is CC[C@H](CO)NC(=O)CSc1nc2ccccc2s1. The maximum absolute atomic E-state index is 11.7. The van der Waals surface area contributed by atoms with E-state index in [-0.39, 0.29) is 18.6 Å². The van der Waals surface area contributed by atoms with Gasteiger partial charge in [-0.1, -0.05) is 30.8 Å². The van der Waals surface area contributed by atoms with Crippen LogP contribution in [0.3, 0.4) is 0 Å². The lowest BCUT2D eigenvalue weighted by atomic mass is 10.2. The van der Waals surface area contributed by atoms with E-state index in [9.17, 15) is 4.79 Å². The summed E-state index contributed by atoms with van der Waals surface area (Å²) in [5, 5.41) is 11.8. The van der Waals surface area contributed by atoms with E-state index >= 15 is 0 Å². The number of rotatable bonds is 6. The lowest BCUT2D eigenvalue weighted by Gasteiger charge is -2.13. The number of hydrogen-bond donors (Lipinski definition) is 2. The van der Waals surface area contributed by atoms with Gasteiger partial charge in [0, 0.05) is 0 Å². The van der Waals surface area contributed by atoms with Gasteiger partial charge in [-0.2, -0.15) is 0 Å². The Bertz CT molecular complexity index is 519. The van der Waals surface area contributed by atoms with Gasteiger partial charge in [0.25, 0.3) is 0 Å². The number of fused-ring (bicyclic) bond motifs is 1. The number of aromatic nitrogens is 1. The van der Waals surface area contributed by atoms with E-state index in [4.69, 9.17) is 5.11 Å². The molecule has 2 rings (SSSR count). The Morgan fingerprint density at radius 3 is 3.00 bits per heavy atom. The number of benzene rings is 1. The number of carbonyl (C=O) groups is 1. The maximum Gasteiger partial charge on any atom is 0.230 e. The van der Waals surface area contributed by atoms with Crippen molar-refractivity contribution in [2.45, 2.75) is 23.7 Å². The van der Waals surface area contributed by atoms with Crippen LogP contribution in [-0.4, -0.2) is 34.4 Å². The molecule has 0 radical (unpaired) electrons. The van der Waals surface area contributed by atoms with Crippen molar-refractivity contribution in [2.24, 2.45) is 0 Å². The highest BCUT2D eigenvalue weighted by Gasteiger charge is 2.11. The van der Waals surface area contributed by atoms with Gasteiger partial charge in [0.05, 0.1) is 28.6 Å². The summed E-state index contributed by atoms with van der Waals surface area (Å²) in [6.45, 7) is 1.91. The van der Waals surface area contributed by atoms with Gasteiger partial charge in [0.15, 0.2) is 4.34 Å². The van der Waals surface area contributed by atoms with E-state index in [0.717, 1.165) is 21.0 Å². The number of nitrogens with one attached hydrogen (secondary N) is 1. The van der Waals surface area contributed by atoms with Crippen LogP contribution < -0.4 is 5.32 Å².